The molecule has 0 radical (unpaired) electrons. The van der Waals surface area contributed by atoms with Crippen molar-refractivity contribution >= 4 is 11.8 Å². The van der Waals surface area contributed by atoms with Gasteiger partial charge in [-0.15, -0.1) is 0 Å². The van der Waals surface area contributed by atoms with Crippen molar-refractivity contribution in [2.45, 2.75) is 31.9 Å². The van der Waals surface area contributed by atoms with E-state index in [9.17, 15) is 9.59 Å². The molecule has 2 heterocycles. The van der Waals surface area contributed by atoms with E-state index in [2.05, 4.69) is 15.3 Å². The maximum atomic E-state index is 12.8. The molecular weight excluding hydrogens is 344 g/mol. The van der Waals surface area contributed by atoms with Crippen molar-refractivity contribution in [3.05, 3.63) is 60.2 Å². The third-order valence-electron chi connectivity index (χ3n) is 4.46. The van der Waals surface area contributed by atoms with Gasteiger partial charge >= 0.3 is 0 Å². The minimum Gasteiger partial charge on any atom is -0.376 e. The molecule has 0 aliphatic carbocycles. The van der Waals surface area contributed by atoms with E-state index >= 15 is 0 Å². The van der Waals surface area contributed by atoms with Gasteiger partial charge in [-0.1, -0.05) is 30.3 Å². The fourth-order valence-corrected chi connectivity index (χ4v) is 3.00. The lowest BCUT2D eigenvalue weighted by Gasteiger charge is -2.25. The third-order valence-corrected chi connectivity index (χ3v) is 4.46. The number of carbonyl (C=O) groups is 2. The number of hydrogen-bond acceptors (Lipinski definition) is 5. The van der Waals surface area contributed by atoms with Crippen LogP contribution < -0.4 is 5.32 Å². The van der Waals surface area contributed by atoms with E-state index in [1.54, 1.807) is 4.90 Å². The molecule has 142 valence electrons. The smallest absolute Gasteiger partial charge is 0.274 e. The van der Waals surface area contributed by atoms with Crippen LogP contribution in [0.3, 0.4) is 0 Å². The second-order valence-corrected chi connectivity index (χ2v) is 6.49. The Labute approximate surface area is 158 Å². The Morgan fingerprint density at radius 2 is 2.07 bits per heavy atom. The third kappa shape index (κ3) is 5.86. The average Bonchev–Trinajstić information content (AvgIpc) is 3.23. The van der Waals surface area contributed by atoms with Gasteiger partial charge in [0.05, 0.1) is 12.3 Å². The fourth-order valence-electron chi connectivity index (χ4n) is 3.00. The Balaban J connectivity index is 1.55. The zero-order valence-electron chi connectivity index (χ0n) is 15.2. The van der Waals surface area contributed by atoms with E-state index in [0.717, 1.165) is 25.0 Å². The first-order chi connectivity index (χ1) is 13.2. The lowest BCUT2D eigenvalue weighted by Crippen LogP contribution is -2.40. The van der Waals surface area contributed by atoms with Crippen LogP contribution in [0, 0.1) is 0 Å². The predicted molar refractivity (Wildman–Crippen MR) is 99.8 cm³/mol. The quantitative estimate of drug-likeness (QED) is 0.768. The number of benzene rings is 1. The first-order valence-electron chi connectivity index (χ1n) is 9.20. The van der Waals surface area contributed by atoms with Gasteiger partial charge in [0, 0.05) is 45.1 Å². The normalized spacial score (nSPS) is 16.1. The zero-order valence-corrected chi connectivity index (χ0v) is 15.2. The van der Waals surface area contributed by atoms with E-state index in [1.165, 1.54) is 18.6 Å². The molecule has 0 bridgehead atoms. The van der Waals surface area contributed by atoms with Crippen LogP contribution in [0.1, 0.15) is 35.3 Å². The predicted octanol–water partition coefficient (Wildman–Crippen LogP) is 1.80. The summed E-state index contributed by atoms with van der Waals surface area (Å²) in [5, 5.41) is 2.89. The van der Waals surface area contributed by atoms with Crippen molar-refractivity contribution in [1.29, 1.82) is 0 Å². The van der Waals surface area contributed by atoms with Crippen molar-refractivity contribution in [3.8, 4) is 0 Å². The molecule has 7 heteroatoms. The van der Waals surface area contributed by atoms with Gasteiger partial charge in [-0.3, -0.25) is 14.6 Å². The Hall–Kier alpha value is -2.80. The van der Waals surface area contributed by atoms with Crippen molar-refractivity contribution in [2.24, 2.45) is 0 Å². The Kier molecular flexibility index (Phi) is 6.87. The number of carbonyl (C=O) groups excluding carboxylic acids is 2. The molecule has 1 N–H and O–H groups in total. The molecule has 7 nitrogen and oxygen atoms in total. The van der Waals surface area contributed by atoms with E-state index in [1.807, 2.05) is 30.3 Å². The van der Waals surface area contributed by atoms with Gasteiger partial charge in [0.1, 0.15) is 5.69 Å². The topological polar surface area (TPSA) is 84.4 Å². The van der Waals surface area contributed by atoms with E-state index < -0.39 is 0 Å². The molecule has 27 heavy (non-hydrogen) atoms. The summed E-state index contributed by atoms with van der Waals surface area (Å²) >= 11 is 0. The van der Waals surface area contributed by atoms with E-state index in [4.69, 9.17) is 4.74 Å². The van der Waals surface area contributed by atoms with Gasteiger partial charge in [-0.05, 0) is 18.4 Å². The molecule has 0 spiro atoms. The summed E-state index contributed by atoms with van der Waals surface area (Å²) in [5.41, 5.74) is 1.32. The molecule has 1 aromatic carbocycles. The van der Waals surface area contributed by atoms with Gasteiger partial charge in [0.15, 0.2) is 0 Å². The largest absolute Gasteiger partial charge is 0.376 e. The molecule has 1 aromatic heterocycles. The van der Waals surface area contributed by atoms with Gasteiger partial charge in [-0.2, -0.15) is 0 Å². The van der Waals surface area contributed by atoms with Gasteiger partial charge in [0.2, 0.25) is 5.91 Å². The summed E-state index contributed by atoms with van der Waals surface area (Å²) in [6.07, 6.45) is 6.62. The summed E-state index contributed by atoms with van der Waals surface area (Å²) in [6.45, 7) is 1.97. The monoisotopic (exact) mass is 368 g/mol. The maximum Gasteiger partial charge on any atom is 0.274 e. The van der Waals surface area contributed by atoms with Crippen molar-refractivity contribution in [2.75, 3.05) is 19.7 Å². The first kappa shape index (κ1) is 19.0. The highest BCUT2D eigenvalue weighted by atomic mass is 16.5. The average molecular weight is 368 g/mol. The van der Waals surface area contributed by atoms with Crippen LogP contribution in [0.25, 0.3) is 0 Å². The lowest BCUT2D eigenvalue weighted by molar-refractivity contribution is -0.121. The molecule has 1 saturated heterocycles. The summed E-state index contributed by atoms with van der Waals surface area (Å²) in [4.78, 5) is 34.7. The minimum atomic E-state index is -0.227. The fraction of sp³-hybridized carbons (Fsp3) is 0.400. The van der Waals surface area contributed by atoms with Crippen LogP contribution in [0.5, 0.6) is 0 Å². The summed E-state index contributed by atoms with van der Waals surface area (Å²) in [7, 11) is 0. The molecule has 1 aliphatic heterocycles. The van der Waals surface area contributed by atoms with Crippen molar-refractivity contribution in [3.63, 3.8) is 0 Å². The van der Waals surface area contributed by atoms with Gasteiger partial charge in [-0.25, -0.2) is 4.98 Å². The number of rotatable bonds is 8. The standard InChI is InChI=1S/C20H24N4O3/c25-19(23-13-16-5-2-1-3-6-16)8-11-24(15-17-7-4-12-27-17)20(26)18-14-21-9-10-22-18/h1-3,5-6,9-10,14,17H,4,7-8,11-13,15H2,(H,23,25)/t17-/m1/s1. The van der Waals surface area contributed by atoms with Crippen molar-refractivity contribution in [1.82, 2.24) is 20.2 Å². The van der Waals surface area contributed by atoms with Crippen LogP contribution in [0.15, 0.2) is 48.9 Å². The number of aromatic nitrogens is 2. The molecule has 0 unspecified atom stereocenters. The number of hydrogen-bond donors (Lipinski definition) is 1. The van der Waals surface area contributed by atoms with Crippen LogP contribution >= 0.6 is 0 Å². The number of amides is 2. The number of ether oxygens (including phenoxy) is 1. The summed E-state index contributed by atoms with van der Waals surface area (Å²) in [6, 6.07) is 9.73. The highest BCUT2D eigenvalue weighted by Crippen LogP contribution is 2.15. The van der Waals surface area contributed by atoms with Crippen LogP contribution in [-0.4, -0.2) is 52.5 Å². The van der Waals surface area contributed by atoms with E-state index in [0.29, 0.717) is 19.6 Å². The SMILES string of the molecule is O=C(CCN(C[C@H]1CCCO1)C(=O)c1cnccn1)NCc1ccccc1. The van der Waals surface area contributed by atoms with E-state index in [-0.39, 0.29) is 30.0 Å². The van der Waals surface area contributed by atoms with Gasteiger partial charge in [0.25, 0.3) is 5.91 Å². The minimum absolute atomic E-state index is 0.0120. The Morgan fingerprint density at radius 1 is 1.22 bits per heavy atom. The molecular formula is C20H24N4O3. The molecule has 2 amide bonds. The van der Waals surface area contributed by atoms with Crippen molar-refractivity contribution < 1.29 is 14.3 Å². The molecule has 1 fully saturated rings. The number of nitrogens with one attached hydrogen (secondary N) is 1. The molecule has 3 rings (SSSR count). The zero-order chi connectivity index (χ0) is 18.9. The van der Waals surface area contributed by atoms with Gasteiger partial charge < -0.3 is 15.0 Å². The first-order valence-corrected chi connectivity index (χ1v) is 9.20. The molecule has 1 aliphatic rings. The Morgan fingerprint density at radius 3 is 2.78 bits per heavy atom. The highest BCUT2D eigenvalue weighted by molar-refractivity contribution is 5.92. The molecule has 0 saturated carbocycles. The Bertz CT molecular complexity index is 733. The van der Waals surface area contributed by atoms with Crippen LogP contribution in [0.2, 0.25) is 0 Å². The second-order valence-electron chi connectivity index (χ2n) is 6.49. The molecule has 1 atom stereocenters. The second kappa shape index (κ2) is 9.78. The lowest BCUT2D eigenvalue weighted by atomic mass is 10.2. The summed E-state index contributed by atoms with van der Waals surface area (Å²) in [5.74, 6) is -0.322. The van der Waals surface area contributed by atoms with Crippen LogP contribution in [0.4, 0.5) is 0 Å². The highest BCUT2D eigenvalue weighted by Gasteiger charge is 2.24. The number of nitrogens with zero attached hydrogens (tertiary/aromatic N) is 3. The van der Waals surface area contributed by atoms with Crippen LogP contribution in [-0.2, 0) is 16.1 Å². The summed E-state index contributed by atoms with van der Waals surface area (Å²) < 4.78 is 5.65. The molecule has 2 aromatic rings. The maximum absolute atomic E-state index is 12.8.